The zero-order valence-corrected chi connectivity index (χ0v) is 17.0. The molecular formula is C25H25N3O2. The molecule has 2 amide bonds. The van der Waals surface area contributed by atoms with Crippen molar-refractivity contribution in [2.45, 2.75) is 19.8 Å². The van der Waals surface area contributed by atoms with Gasteiger partial charge in [-0.1, -0.05) is 48.5 Å². The van der Waals surface area contributed by atoms with Crippen molar-refractivity contribution < 1.29 is 9.59 Å². The Morgan fingerprint density at radius 1 is 0.967 bits per heavy atom. The zero-order valence-electron chi connectivity index (χ0n) is 17.0. The molecular weight excluding hydrogens is 374 g/mol. The third kappa shape index (κ3) is 4.40. The molecule has 0 spiro atoms. The second-order valence-electron chi connectivity index (χ2n) is 7.64. The number of nitrogens with zero attached hydrogens (tertiary/aromatic N) is 2. The standard InChI is InChI=1S/C25H25N3O2/c1-18-22(14-15-23(26-18)19-9-4-2-5-10-19)25(30)28-16-8-11-20(17-28)24(29)27-21-12-6-3-7-13-21/h2-7,9-10,12-15,20H,8,11,16-17H2,1H3,(H,27,29). The van der Waals surface area contributed by atoms with Gasteiger partial charge in [-0.2, -0.15) is 0 Å². The summed E-state index contributed by atoms with van der Waals surface area (Å²) < 4.78 is 0. The average Bonchev–Trinajstić information content (AvgIpc) is 2.80. The van der Waals surface area contributed by atoms with E-state index in [9.17, 15) is 9.59 Å². The highest BCUT2D eigenvalue weighted by atomic mass is 16.2. The summed E-state index contributed by atoms with van der Waals surface area (Å²) in [5.41, 5.74) is 3.96. The van der Waals surface area contributed by atoms with E-state index in [-0.39, 0.29) is 17.7 Å². The van der Waals surface area contributed by atoms with Gasteiger partial charge in [-0.15, -0.1) is 0 Å². The fourth-order valence-corrected chi connectivity index (χ4v) is 3.87. The van der Waals surface area contributed by atoms with Crippen LogP contribution in [0.3, 0.4) is 0 Å². The van der Waals surface area contributed by atoms with E-state index in [4.69, 9.17) is 0 Å². The number of anilines is 1. The van der Waals surface area contributed by atoms with Crippen LogP contribution in [0.4, 0.5) is 5.69 Å². The number of rotatable bonds is 4. The molecule has 0 bridgehead atoms. The highest BCUT2D eigenvalue weighted by molar-refractivity contribution is 5.97. The highest BCUT2D eigenvalue weighted by Crippen LogP contribution is 2.23. The molecule has 152 valence electrons. The number of hydrogen-bond donors (Lipinski definition) is 1. The molecule has 3 aromatic rings. The maximum atomic E-state index is 13.1. The van der Waals surface area contributed by atoms with Gasteiger partial charge in [0.2, 0.25) is 5.91 Å². The van der Waals surface area contributed by atoms with E-state index < -0.39 is 0 Å². The summed E-state index contributed by atoms with van der Waals surface area (Å²) in [7, 11) is 0. The number of pyridine rings is 1. The molecule has 1 unspecified atom stereocenters. The molecule has 1 aromatic heterocycles. The number of aryl methyl sites for hydroxylation is 1. The fourth-order valence-electron chi connectivity index (χ4n) is 3.87. The van der Waals surface area contributed by atoms with E-state index in [1.165, 1.54) is 0 Å². The first-order chi connectivity index (χ1) is 14.6. The lowest BCUT2D eigenvalue weighted by Crippen LogP contribution is -2.44. The van der Waals surface area contributed by atoms with Crippen LogP contribution in [-0.4, -0.2) is 34.8 Å². The summed E-state index contributed by atoms with van der Waals surface area (Å²) in [6.07, 6.45) is 1.60. The first-order valence-corrected chi connectivity index (χ1v) is 10.3. The van der Waals surface area contributed by atoms with Gasteiger partial charge in [-0.05, 0) is 44.0 Å². The first-order valence-electron chi connectivity index (χ1n) is 10.3. The van der Waals surface area contributed by atoms with Crippen molar-refractivity contribution in [2.24, 2.45) is 5.92 Å². The maximum Gasteiger partial charge on any atom is 0.255 e. The smallest absolute Gasteiger partial charge is 0.255 e. The van der Waals surface area contributed by atoms with Gasteiger partial charge in [0.1, 0.15) is 0 Å². The number of nitrogens with one attached hydrogen (secondary N) is 1. The van der Waals surface area contributed by atoms with Gasteiger partial charge in [0.15, 0.2) is 0 Å². The lowest BCUT2D eigenvalue weighted by atomic mass is 9.96. The highest BCUT2D eigenvalue weighted by Gasteiger charge is 2.29. The predicted octanol–water partition coefficient (Wildman–Crippen LogP) is 4.55. The Morgan fingerprint density at radius 3 is 2.37 bits per heavy atom. The van der Waals surface area contributed by atoms with E-state index in [0.29, 0.717) is 24.3 Å². The minimum Gasteiger partial charge on any atom is -0.338 e. The predicted molar refractivity (Wildman–Crippen MR) is 118 cm³/mol. The molecule has 1 fully saturated rings. The molecule has 0 radical (unpaired) electrons. The fraction of sp³-hybridized carbons (Fsp3) is 0.240. The summed E-state index contributed by atoms with van der Waals surface area (Å²) >= 11 is 0. The molecule has 2 aromatic carbocycles. The van der Waals surface area contributed by atoms with E-state index >= 15 is 0 Å². The number of likely N-dealkylation sites (tertiary alicyclic amines) is 1. The van der Waals surface area contributed by atoms with Crippen LogP contribution in [0, 0.1) is 12.8 Å². The summed E-state index contributed by atoms with van der Waals surface area (Å²) in [6.45, 7) is 2.95. The maximum absolute atomic E-state index is 13.1. The number of para-hydroxylation sites is 1. The van der Waals surface area contributed by atoms with Crippen LogP contribution in [0.1, 0.15) is 28.9 Å². The third-order valence-electron chi connectivity index (χ3n) is 5.51. The largest absolute Gasteiger partial charge is 0.338 e. The molecule has 1 atom stereocenters. The van der Waals surface area contributed by atoms with Crippen molar-refractivity contribution >= 4 is 17.5 Å². The lowest BCUT2D eigenvalue weighted by Gasteiger charge is -2.32. The van der Waals surface area contributed by atoms with Crippen molar-refractivity contribution in [3.63, 3.8) is 0 Å². The molecule has 1 aliphatic rings. The van der Waals surface area contributed by atoms with Gasteiger partial charge >= 0.3 is 0 Å². The first kappa shape index (κ1) is 19.8. The van der Waals surface area contributed by atoms with Crippen molar-refractivity contribution in [3.8, 4) is 11.3 Å². The van der Waals surface area contributed by atoms with Gasteiger partial charge < -0.3 is 10.2 Å². The van der Waals surface area contributed by atoms with Crippen LogP contribution in [0.5, 0.6) is 0 Å². The van der Waals surface area contributed by atoms with Crippen LogP contribution < -0.4 is 5.32 Å². The molecule has 4 rings (SSSR count). The van der Waals surface area contributed by atoms with Gasteiger partial charge in [0.25, 0.3) is 5.91 Å². The van der Waals surface area contributed by atoms with Crippen LogP contribution in [0.15, 0.2) is 72.8 Å². The molecule has 5 nitrogen and oxygen atoms in total. The van der Waals surface area contributed by atoms with Gasteiger partial charge in [0, 0.05) is 24.3 Å². The Hall–Kier alpha value is -3.47. The zero-order chi connectivity index (χ0) is 20.9. The molecule has 30 heavy (non-hydrogen) atoms. The molecule has 2 heterocycles. The monoisotopic (exact) mass is 399 g/mol. The average molecular weight is 399 g/mol. The molecule has 5 heteroatoms. The topological polar surface area (TPSA) is 62.3 Å². The van der Waals surface area contributed by atoms with Crippen LogP contribution >= 0.6 is 0 Å². The van der Waals surface area contributed by atoms with Crippen LogP contribution in [0.25, 0.3) is 11.3 Å². The Morgan fingerprint density at radius 2 is 1.67 bits per heavy atom. The van der Waals surface area contributed by atoms with Crippen molar-refractivity contribution in [2.75, 3.05) is 18.4 Å². The number of piperidine rings is 1. The minimum atomic E-state index is -0.209. The van der Waals surface area contributed by atoms with Crippen molar-refractivity contribution in [1.82, 2.24) is 9.88 Å². The number of aromatic nitrogens is 1. The Kier molecular flexibility index (Phi) is 5.89. The summed E-state index contributed by atoms with van der Waals surface area (Å²) in [6, 6.07) is 23.1. The summed E-state index contributed by atoms with van der Waals surface area (Å²) in [4.78, 5) is 32.3. The van der Waals surface area contributed by atoms with Gasteiger partial charge in [0.05, 0.1) is 22.9 Å². The molecule has 0 saturated carbocycles. The second-order valence-corrected chi connectivity index (χ2v) is 7.64. The number of benzene rings is 2. The second kappa shape index (κ2) is 8.91. The summed E-state index contributed by atoms with van der Waals surface area (Å²) in [5.74, 6) is -0.301. The summed E-state index contributed by atoms with van der Waals surface area (Å²) in [5, 5.41) is 2.96. The van der Waals surface area contributed by atoms with E-state index in [0.717, 1.165) is 29.8 Å². The third-order valence-corrected chi connectivity index (χ3v) is 5.51. The molecule has 1 aliphatic heterocycles. The minimum absolute atomic E-state index is 0.0343. The van der Waals surface area contributed by atoms with Crippen LogP contribution in [0.2, 0.25) is 0 Å². The lowest BCUT2D eigenvalue weighted by molar-refractivity contribution is -0.121. The van der Waals surface area contributed by atoms with Crippen molar-refractivity contribution in [3.05, 3.63) is 84.1 Å². The van der Waals surface area contributed by atoms with Gasteiger partial charge in [-0.25, -0.2) is 0 Å². The molecule has 0 aliphatic carbocycles. The number of carbonyl (C=O) groups excluding carboxylic acids is 2. The Balaban J connectivity index is 1.46. The quantitative estimate of drug-likeness (QED) is 0.700. The molecule has 1 saturated heterocycles. The number of amides is 2. The Bertz CT molecular complexity index is 1030. The normalized spacial score (nSPS) is 16.2. The number of carbonyl (C=O) groups is 2. The van der Waals surface area contributed by atoms with E-state index in [1.807, 2.05) is 79.7 Å². The SMILES string of the molecule is Cc1nc(-c2ccccc2)ccc1C(=O)N1CCCC(C(=O)Nc2ccccc2)C1. The van der Waals surface area contributed by atoms with E-state index in [1.54, 1.807) is 4.90 Å². The van der Waals surface area contributed by atoms with Gasteiger partial charge in [-0.3, -0.25) is 14.6 Å². The Labute approximate surface area is 176 Å². The van der Waals surface area contributed by atoms with E-state index in [2.05, 4.69) is 10.3 Å². The molecule has 1 N–H and O–H groups in total. The van der Waals surface area contributed by atoms with Crippen molar-refractivity contribution in [1.29, 1.82) is 0 Å². The van der Waals surface area contributed by atoms with Crippen LogP contribution in [-0.2, 0) is 4.79 Å². The number of hydrogen-bond acceptors (Lipinski definition) is 3.